The van der Waals surface area contributed by atoms with Crippen LogP contribution in [0.15, 0.2) is 10.6 Å². The lowest BCUT2D eigenvalue weighted by Gasteiger charge is -2.39. The summed E-state index contributed by atoms with van der Waals surface area (Å²) in [5.41, 5.74) is 0.995. The Morgan fingerprint density at radius 2 is 1.90 bits per heavy atom. The summed E-state index contributed by atoms with van der Waals surface area (Å²) in [5.74, 6) is 1.51. The van der Waals surface area contributed by atoms with Gasteiger partial charge < -0.3 is 4.52 Å². The lowest BCUT2D eigenvalue weighted by Crippen LogP contribution is -2.50. The predicted octanol–water partition coefficient (Wildman–Crippen LogP) is 0.678. The largest absolute Gasteiger partial charge is 0.361 e. The maximum absolute atomic E-state index is 11.5. The fourth-order valence-corrected chi connectivity index (χ4v) is 4.49. The van der Waals surface area contributed by atoms with E-state index >= 15 is 0 Å². The van der Waals surface area contributed by atoms with Gasteiger partial charge in [-0.25, -0.2) is 8.42 Å². The minimum Gasteiger partial charge on any atom is -0.361 e. The highest BCUT2D eigenvalue weighted by Gasteiger charge is 2.29. The van der Waals surface area contributed by atoms with Crippen LogP contribution in [-0.2, 0) is 16.4 Å². The number of aromatic nitrogens is 1. The first-order valence-corrected chi connectivity index (χ1v) is 9.43. The molecule has 0 aromatic carbocycles. The first kappa shape index (κ1) is 15.0. The first-order valence-electron chi connectivity index (χ1n) is 7.61. The number of nitrogens with zero attached hydrogens (tertiary/aromatic N) is 3. The van der Waals surface area contributed by atoms with Gasteiger partial charge in [-0.1, -0.05) is 5.16 Å². The molecule has 0 N–H and O–H groups in total. The molecular weight excluding hydrogens is 290 g/mol. The van der Waals surface area contributed by atoms with Crippen LogP contribution >= 0.6 is 0 Å². The van der Waals surface area contributed by atoms with E-state index in [4.69, 9.17) is 4.52 Å². The number of sulfone groups is 1. The van der Waals surface area contributed by atoms with Gasteiger partial charge in [0.25, 0.3) is 0 Å². The molecule has 3 rings (SSSR count). The summed E-state index contributed by atoms with van der Waals surface area (Å²) < 4.78 is 28.1. The molecule has 1 aromatic heterocycles. The van der Waals surface area contributed by atoms with E-state index in [9.17, 15) is 8.42 Å². The third-order valence-electron chi connectivity index (χ3n) is 4.51. The second-order valence-electron chi connectivity index (χ2n) is 6.12. The molecule has 2 aliphatic rings. The molecule has 2 fully saturated rings. The Bertz CT molecular complexity index is 562. The SMILES string of the molecule is Cc1cc(CN2CCC(N3CCS(=O)(=O)CC3)CC2)no1. The van der Waals surface area contributed by atoms with Gasteiger partial charge in [0.05, 0.1) is 17.2 Å². The summed E-state index contributed by atoms with van der Waals surface area (Å²) in [4.78, 5) is 4.76. The fraction of sp³-hybridized carbons (Fsp3) is 0.786. The molecule has 0 unspecified atom stereocenters. The minimum atomic E-state index is -2.77. The Hall–Kier alpha value is -0.920. The molecular formula is C14H23N3O3S. The summed E-state index contributed by atoms with van der Waals surface area (Å²) in [7, 11) is -2.77. The molecule has 3 heterocycles. The van der Waals surface area contributed by atoms with Crippen LogP contribution in [-0.4, -0.2) is 67.1 Å². The van der Waals surface area contributed by atoms with Crippen molar-refractivity contribution in [1.82, 2.24) is 15.0 Å². The molecule has 0 radical (unpaired) electrons. The van der Waals surface area contributed by atoms with Crippen LogP contribution in [0.25, 0.3) is 0 Å². The average Bonchev–Trinajstić information content (AvgIpc) is 2.85. The third-order valence-corrected chi connectivity index (χ3v) is 6.12. The molecule has 0 spiro atoms. The van der Waals surface area contributed by atoms with Gasteiger partial charge in [-0.2, -0.15) is 0 Å². The molecule has 0 saturated carbocycles. The first-order chi connectivity index (χ1) is 10.0. The summed E-state index contributed by atoms with van der Waals surface area (Å²) in [6, 6.07) is 2.53. The van der Waals surface area contributed by atoms with E-state index in [1.54, 1.807) is 0 Å². The van der Waals surface area contributed by atoms with E-state index < -0.39 is 9.84 Å². The summed E-state index contributed by atoms with van der Waals surface area (Å²) >= 11 is 0. The van der Waals surface area contributed by atoms with Crippen LogP contribution in [0.3, 0.4) is 0 Å². The van der Waals surface area contributed by atoms with Crippen molar-refractivity contribution in [2.45, 2.75) is 32.4 Å². The maximum Gasteiger partial charge on any atom is 0.152 e. The van der Waals surface area contributed by atoms with Gasteiger partial charge in [-0.05, 0) is 19.8 Å². The zero-order valence-corrected chi connectivity index (χ0v) is 13.3. The molecule has 0 aliphatic carbocycles. The Morgan fingerprint density at radius 1 is 1.24 bits per heavy atom. The molecule has 6 nitrogen and oxygen atoms in total. The molecule has 21 heavy (non-hydrogen) atoms. The highest BCUT2D eigenvalue weighted by atomic mass is 32.2. The van der Waals surface area contributed by atoms with Crippen LogP contribution in [0, 0.1) is 6.92 Å². The van der Waals surface area contributed by atoms with Crippen molar-refractivity contribution in [2.24, 2.45) is 0 Å². The second kappa shape index (κ2) is 6.06. The van der Waals surface area contributed by atoms with Crippen molar-refractivity contribution < 1.29 is 12.9 Å². The molecule has 1 aromatic rings. The van der Waals surface area contributed by atoms with Crippen LogP contribution < -0.4 is 0 Å². The summed E-state index contributed by atoms with van der Waals surface area (Å²) in [6.45, 7) is 6.25. The van der Waals surface area contributed by atoms with E-state index in [2.05, 4.69) is 15.0 Å². The Balaban J connectivity index is 1.47. The fourth-order valence-electron chi connectivity index (χ4n) is 3.26. The van der Waals surface area contributed by atoms with Crippen molar-refractivity contribution in [3.63, 3.8) is 0 Å². The van der Waals surface area contributed by atoms with Crippen molar-refractivity contribution in [3.8, 4) is 0 Å². The topological polar surface area (TPSA) is 66.7 Å². The summed E-state index contributed by atoms with van der Waals surface area (Å²) in [5, 5.41) is 4.04. The number of likely N-dealkylation sites (tertiary alicyclic amines) is 1. The van der Waals surface area contributed by atoms with Gasteiger partial charge in [0.2, 0.25) is 0 Å². The molecule has 118 valence electrons. The van der Waals surface area contributed by atoms with E-state index in [0.717, 1.165) is 43.9 Å². The Kier molecular flexibility index (Phi) is 4.33. The minimum absolute atomic E-state index is 0.325. The number of hydrogen-bond acceptors (Lipinski definition) is 6. The zero-order chi connectivity index (χ0) is 14.9. The number of rotatable bonds is 3. The maximum atomic E-state index is 11.5. The van der Waals surface area contributed by atoms with E-state index in [1.807, 2.05) is 13.0 Å². The molecule has 2 saturated heterocycles. The van der Waals surface area contributed by atoms with Crippen LogP contribution in [0.4, 0.5) is 0 Å². The van der Waals surface area contributed by atoms with Crippen molar-refractivity contribution in [2.75, 3.05) is 37.7 Å². The standard InChI is InChI=1S/C14H23N3O3S/c1-12-10-13(15-20-12)11-16-4-2-14(3-5-16)17-6-8-21(18,19)9-7-17/h10,14H,2-9,11H2,1H3. The normalized spacial score (nSPS) is 25.2. The van der Waals surface area contributed by atoms with Gasteiger partial charge in [-0.3, -0.25) is 9.80 Å². The monoisotopic (exact) mass is 313 g/mol. The van der Waals surface area contributed by atoms with E-state index in [1.165, 1.54) is 0 Å². The molecule has 7 heteroatoms. The number of aryl methyl sites for hydroxylation is 1. The zero-order valence-electron chi connectivity index (χ0n) is 12.5. The number of piperidine rings is 1. The van der Waals surface area contributed by atoms with Crippen molar-refractivity contribution in [1.29, 1.82) is 0 Å². The van der Waals surface area contributed by atoms with Crippen LogP contribution in [0.1, 0.15) is 24.3 Å². The van der Waals surface area contributed by atoms with Crippen molar-refractivity contribution >= 4 is 9.84 Å². The van der Waals surface area contributed by atoms with Gasteiger partial charge in [0.1, 0.15) is 5.76 Å². The van der Waals surface area contributed by atoms with Gasteiger partial charge in [0.15, 0.2) is 9.84 Å². The number of hydrogen-bond donors (Lipinski definition) is 0. The Morgan fingerprint density at radius 3 is 2.48 bits per heavy atom. The van der Waals surface area contributed by atoms with E-state index in [-0.39, 0.29) is 0 Å². The highest BCUT2D eigenvalue weighted by Crippen LogP contribution is 2.20. The van der Waals surface area contributed by atoms with Crippen LogP contribution in [0.2, 0.25) is 0 Å². The van der Waals surface area contributed by atoms with Gasteiger partial charge >= 0.3 is 0 Å². The molecule has 2 aliphatic heterocycles. The second-order valence-corrected chi connectivity index (χ2v) is 8.43. The van der Waals surface area contributed by atoms with Crippen molar-refractivity contribution in [3.05, 3.63) is 17.5 Å². The lowest BCUT2D eigenvalue weighted by atomic mass is 10.0. The quantitative estimate of drug-likeness (QED) is 0.817. The predicted molar refractivity (Wildman–Crippen MR) is 79.8 cm³/mol. The third kappa shape index (κ3) is 3.84. The Labute approximate surface area is 126 Å². The highest BCUT2D eigenvalue weighted by molar-refractivity contribution is 7.91. The molecule has 0 bridgehead atoms. The molecule has 0 atom stereocenters. The van der Waals surface area contributed by atoms with E-state index in [0.29, 0.717) is 30.6 Å². The molecule has 0 amide bonds. The average molecular weight is 313 g/mol. The lowest BCUT2D eigenvalue weighted by molar-refractivity contribution is 0.110. The van der Waals surface area contributed by atoms with Crippen LogP contribution in [0.5, 0.6) is 0 Å². The smallest absolute Gasteiger partial charge is 0.152 e. The summed E-state index contributed by atoms with van der Waals surface area (Å²) in [6.07, 6.45) is 2.22. The van der Waals surface area contributed by atoms with Gasteiger partial charge in [0, 0.05) is 44.8 Å². The van der Waals surface area contributed by atoms with Gasteiger partial charge in [-0.15, -0.1) is 0 Å².